The van der Waals surface area contributed by atoms with Gasteiger partial charge in [-0.25, -0.2) is 0 Å². The van der Waals surface area contributed by atoms with Crippen molar-refractivity contribution in [3.63, 3.8) is 0 Å². The van der Waals surface area contributed by atoms with Gasteiger partial charge in [0.2, 0.25) is 0 Å². The molecule has 262 valence electrons. The fourth-order valence-corrected chi connectivity index (χ4v) is 29.7. The Kier molecular flexibility index (Phi) is 12.0. The molecule has 0 bridgehead atoms. The van der Waals surface area contributed by atoms with Crippen LogP contribution in [0.5, 0.6) is 0 Å². The van der Waals surface area contributed by atoms with E-state index in [1.54, 1.807) is 33.4 Å². The molecule has 0 aromatic heterocycles. The van der Waals surface area contributed by atoms with Crippen LogP contribution in [-0.4, -0.2) is 5.43 Å². The van der Waals surface area contributed by atoms with E-state index in [9.17, 15) is 0 Å². The molecule has 0 amide bonds. The minimum absolute atomic E-state index is 0. The summed E-state index contributed by atoms with van der Waals surface area (Å²) in [5.74, 6) is 1.18. The van der Waals surface area contributed by atoms with Crippen LogP contribution in [0.2, 0.25) is 13.1 Å². The monoisotopic (exact) mass is 812 g/mol. The molecule has 4 heteroatoms. The molecule has 0 nitrogen and oxygen atoms in total. The summed E-state index contributed by atoms with van der Waals surface area (Å²) in [6.45, 7) is 15.1. The minimum Gasteiger partial charge on any atom is -1.00 e. The first-order valence-corrected chi connectivity index (χ1v) is 27.6. The molecular weight excluding hydrogens is 767 g/mol. The molecule has 0 aliphatic heterocycles. The Labute approximate surface area is 331 Å². The molecule has 2 aliphatic rings. The van der Waals surface area contributed by atoms with Gasteiger partial charge in [-0.05, 0) is 0 Å². The minimum atomic E-state index is -2.45. The molecule has 0 spiro atoms. The van der Waals surface area contributed by atoms with Crippen molar-refractivity contribution >= 4 is 38.1 Å². The summed E-state index contributed by atoms with van der Waals surface area (Å²) in [6, 6.07) is 51.3. The van der Waals surface area contributed by atoms with Gasteiger partial charge in [-0.2, -0.15) is 0 Å². The van der Waals surface area contributed by atoms with Gasteiger partial charge in [-0.3, -0.25) is 0 Å². The predicted octanol–water partition coefficient (Wildman–Crippen LogP) is 7.38. The van der Waals surface area contributed by atoms with Crippen molar-refractivity contribution in [1.82, 2.24) is 0 Å². The van der Waals surface area contributed by atoms with E-state index in [1.807, 2.05) is 0 Å². The quantitative estimate of drug-likeness (QED) is 0.141. The van der Waals surface area contributed by atoms with Gasteiger partial charge in [0.15, 0.2) is 0 Å². The molecule has 2 unspecified atom stereocenters. The second-order valence-corrected chi connectivity index (χ2v) is 33.4. The first-order chi connectivity index (χ1) is 24.3. The van der Waals surface area contributed by atoms with Gasteiger partial charge in [0.05, 0.1) is 0 Å². The molecule has 0 fully saturated rings. The summed E-state index contributed by atoms with van der Waals surface area (Å²) in [5.41, 5.74) is 15.1. The number of hydrogen-bond donors (Lipinski definition) is 0. The van der Waals surface area contributed by atoms with E-state index in [2.05, 4.69) is 174 Å². The van der Waals surface area contributed by atoms with Crippen LogP contribution in [0.3, 0.4) is 0 Å². The summed E-state index contributed by atoms with van der Waals surface area (Å²) in [4.78, 5) is 0. The van der Waals surface area contributed by atoms with Gasteiger partial charge < -0.3 is 24.8 Å². The van der Waals surface area contributed by atoms with Crippen molar-refractivity contribution in [3.05, 3.63) is 178 Å². The van der Waals surface area contributed by atoms with Crippen LogP contribution in [-0.2, 0) is 20.4 Å². The van der Waals surface area contributed by atoms with Gasteiger partial charge in [0.1, 0.15) is 0 Å². The van der Waals surface area contributed by atoms with Crippen LogP contribution in [0, 0.1) is 11.8 Å². The van der Waals surface area contributed by atoms with Gasteiger partial charge in [0.25, 0.3) is 0 Å². The zero-order valence-electron chi connectivity index (χ0n) is 31.2. The summed E-state index contributed by atoms with van der Waals surface area (Å²) < 4.78 is 1.14. The van der Waals surface area contributed by atoms with E-state index in [1.165, 1.54) is 43.8 Å². The standard InChI is InChI=1S/2C23H21.C2H6Si.2ClH.Zr/c2*1-16(2)14-19-15-18-9-4-6-12-21(18)23(19)22-13-7-10-17-8-3-5-11-20(17)22;1-3-2;;;/h2*3-13,15-16H,14H2,1-2H3;1-2H3;2*1H;/q;;;;;+2/p-2. The Morgan fingerprint density at radius 3 is 1.21 bits per heavy atom. The Balaban J connectivity index is 0.00000232. The zero-order valence-corrected chi connectivity index (χ0v) is 36.2. The van der Waals surface area contributed by atoms with Gasteiger partial charge in [-0.15, -0.1) is 0 Å². The summed E-state index contributed by atoms with van der Waals surface area (Å²) in [7, 11) is 0. The topological polar surface area (TPSA) is 0 Å². The van der Waals surface area contributed by atoms with Crippen molar-refractivity contribution in [2.24, 2.45) is 11.8 Å². The predicted molar refractivity (Wildman–Crippen MR) is 215 cm³/mol. The maximum atomic E-state index is 2.69. The maximum absolute atomic E-state index is 2.69. The van der Waals surface area contributed by atoms with E-state index in [-0.39, 0.29) is 24.8 Å². The molecule has 0 heterocycles. The molecule has 6 aromatic carbocycles. The molecule has 0 saturated heterocycles. The van der Waals surface area contributed by atoms with Crippen LogP contribution in [0.4, 0.5) is 0 Å². The normalized spacial score (nSPS) is 16.1. The Morgan fingerprint density at radius 1 is 0.462 bits per heavy atom. The largest absolute Gasteiger partial charge is 1.00 e. The third-order valence-electron chi connectivity index (χ3n) is 11.0. The van der Waals surface area contributed by atoms with Crippen LogP contribution in [0.25, 0.3) is 32.7 Å². The number of fused-ring (bicyclic) bond motifs is 4. The third kappa shape index (κ3) is 6.79. The molecule has 0 saturated carbocycles. The first kappa shape index (κ1) is 38.7. The molecule has 0 radical (unpaired) electrons. The molecule has 2 aliphatic carbocycles. The SMILES string of the molecule is CC(C)CC1=C(c2cccc3ccccc23)c2ccccc2[CH]1[Zr+2]([CH]1C(CC(C)C)=C(c2cccc3ccccc23)c2ccccc21)=[Si](C)C.[Cl-].[Cl-]. The average Bonchev–Trinajstić information content (AvgIpc) is 3.59. The zero-order chi connectivity index (χ0) is 34.5. The van der Waals surface area contributed by atoms with Gasteiger partial charge in [0, 0.05) is 0 Å². The molecule has 52 heavy (non-hydrogen) atoms. The van der Waals surface area contributed by atoms with Crippen molar-refractivity contribution in [1.29, 1.82) is 0 Å². The number of allylic oxidation sites excluding steroid dienone is 2. The Morgan fingerprint density at radius 2 is 0.808 bits per heavy atom. The van der Waals surface area contributed by atoms with Crippen LogP contribution in [0.15, 0.2) is 145 Å². The number of benzene rings is 6. The number of halogens is 2. The van der Waals surface area contributed by atoms with E-state index >= 15 is 0 Å². The van der Waals surface area contributed by atoms with E-state index < -0.39 is 25.8 Å². The molecule has 6 aromatic rings. The van der Waals surface area contributed by atoms with Crippen LogP contribution < -0.4 is 24.8 Å². The second kappa shape index (κ2) is 16.2. The Bertz CT molecular complexity index is 2200. The van der Waals surface area contributed by atoms with E-state index in [0.717, 1.165) is 12.8 Å². The number of rotatable bonds is 8. The Hall–Kier alpha value is -3.00. The summed E-state index contributed by atoms with van der Waals surface area (Å²) >= 11 is -2.45. The van der Waals surface area contributed by atoms with Crippen molar-refractivity contribution < 1.29 is 45.2 Å². The van der Waals surface area contributed by atoms with Crippen LogP contribution in [0.1, 0.15) is 81.2 Å². The molecule has 0 N–H and O–H groups in total. The maximum Gasteiger partial charge on any atom is -1.00 e. The van der Waals surface area contributed by atoms with Crippen LogP contribution >= 0.6 is 0 Å². The summed E-state index contributed by atoms with van der Waals surface area (Å²) in [6.07, 6.45) is 2.32. The van der Waals surface area contributed by atoms with Crippen molar-refractivity contribution in [3.8, 4) is 0 Å². The molecule has 8 rings (SSSR count). The smallest absolute Gasteiger partial charge is 1.00 e. The number of hydrogen-bond acceptors (Lipinski definition) is 0. The second-order valence-electron chi connectivity index (χ2n) is 15.5. The third-order valence-corrected chi connectivity index (χ3v) is 30.4. The average molecular weight is 815 g/mol. The first-order valence-electron chi connectivity index (χ1n) is 18.6. The van der Waals surface area contributed by atoms with E-state index in [0.29, 0.717) is 19.1 Å². The van der Waals surface area contributed by atoms with Gasteiger partial charge >= 0.3 is 309 Å². The van der Waals surface area contributed by atoms with E-state index in [4.69, 9.17) is 0 Å². The molecular formula is C48H48Cl2SiZr. The fraction of sp³-hybridized carbons (Fsp3) is 0.250. The summed E-state index contributed by atoms with van der Waals surface area (Å²) in [5, 5.41) is 5.44. The molecule has 2 atom stereocenters. The van der Waals surface area contributed by atoms with Crippen molar-refractivity contribution in [2.75, 3.05) is 0 Å². The van der Waals surface area contributed by atoms with Crippen molar-refractivity contribution in [2.45, 2.75) is 60.9 Å². The fourth-order valence-electron chi connectivity index (χ4n) is 9.26. The van der Waals surface area contributed by atoms with Gasteiger partial charge in [-0.1, -0.05) is 0 Å².